The van der Waals surface area contributed by atoms with E-state index in [1.165, 1.54) is 11.3 Å². The minimum absolute atomic E-state index is 0.0503. The highest BCUT2D eigenvalue weighted by atomic mass is 32.1. The van der Waals surface area contributed by atoms with Gasteiger partial charge in [-0.1, -0.05) is 20.8 Å². The molecule has 1 aliphatic rings. The van der Waals surface area contributed by atoms with E-state index in [1.54, 1.807) is 10.7 Å². The van der Waals surface area contributed by atoms with Gasteiger partial charge in [-0.15, -0.1) is 11.3 Å². The zero-order valence-corrected chi connectivity index (χ0v) is 16.8. The molecule has 1 amide bonds. The molecule has 0 unspecified atom stereocenters. The number of aromatic nitrogens is 2. The van der Waals surface area contributed by atoms with Crippen molar-refractivity contribution in [3.63, 3.8) is 0 Å². The molecule has 0 radical (unpaired) electrons. The van der Waals surface area contributed by atoms with Crippen molar-refractivity contribution in [1.82, 2.24) is 14.7 Å². The van der Waals surface area contributed by atoms with Gasteiger partial charge in [0.2, 0.25) is 0 Å². The summed E-state index contributed by atoms with van der Waals surface area (Å²) in [4.78, 5) is 27.6. The number of carbonyl (C=O) groups is 1. The normalized spacial score (nSPS) is 16.1. The molecule has 2 aromatic rings. The molecule has 5 nitrogen and oxygen atoms in total. The van der Waals surface area contributed by atoms with Crippen molar-refractivity contribution in [3.8, 4) is 0 Å². The SMILES string of the molecule is Cc1ccsc1C(=O)N1CCC(Cn2nc(C(C)(C)C)ccc2=O)CC1. The maximum atomic E-state index is 12.6. The summed E-state index contributed by atoms with van der Waals surface area (Å²) >= 11 is 1.51. The van der Waals surface area contributed by atoms with Crippen LogP contribution in [-0.2, 0) is 12.0 Å². The predicted octanol–water partition coefficient (Wildman–Crippen LogP) is 3.46. The minimum atomic E-state index is -0.0796. The topological polar surface area (TPSA) is 55.2 Å². The molecule has 26 heavy (non-hydrogen) atoms. The Morgan fingerprint density at radius 1 is 1.23 bits per heavy atom. The molecule has 6 heteroatoms. The number of thiophene rings is 1. The third-order valence-corrected chi connectivity index (χ3v) is 6.03. The number of carbonyl (C=O) groups excluding carboxylic acids is 1. The molecule has 2 aromatic heterocycles. The van der Waals surface area contributed by atoms with Crippen LogP contribution in [0.2, 0.25) is 0 Å². The first-order chi connectivity index (χ1) is 12.3. The molecule has 1 saturated heterocycles. The monoisotopic (exact) mass is 373 g/mol. The number of nitrogens with zero attached hydrogens (tertiary/aromatic N) is 3. The average molecular weight is 374 g/mol. The summed E-state index contributed by atoms with van der Waals surface area (Å²) < 4.78 is 1.60. The summed E-state index contributed by atoms with van der Waals surface area (Å²) in [6.45, 7) is 10.4. The fraction of sp³-hybridized carbons (Fsp3) is 0.550. The van der Waals surface area contributed by atoms with Crippen molar-refractivity contribution < 1.29 is 4.79 Å². The maximum absolute atomic E-state index is 12.6. The Balaban J connectivity index is 1.64. The van der Waals surface area contributed by atoms with Gasteiger partial charge in [0, 0.05) is 31.1 Å². The highest BCUT2D eigenvalue weighted by molar-refractivity contribution is 7.12. The smallest absolute Gasteiger partial charge is 0.266 e. The lowest BCUT2D eigenvalue weighted by molar-refractivity contribution is 0.0684. The molecule has 0 atom stereocenters. The van der Waals surface area contributed by atoms with Gasteiger partial charge in [0.25, 0.3) is 11.5 Å². The van der Waals surface area contributed by atoms with E-state index in [2.05, 4.69) is 25.9 Å². The number of rotatable bonds is 3. The molecular formula is C20H27N3O2S. The van der Waals surface area contributed by atoms with Crippen LogP contribution in [0.5, 0.6) is 0 Å². The van der Waals surface area contributed by atoms with Gasteiger partial charge < -0.3 is 4.90 Å². The summed E-state index contributed by atoms with van der Waals surface area (Å²) in [6, 6.07) is 5.43. The van der Waals surface area contributed by atoms with Gasteiger partial charge in [0.15, 0.2) is 0 Å². The van der Waals surface area contributed by atoms with Crippen molar-refractivity contribution >= 4 is 17.2 Å². The van der Waals surface area contributed by atoms with Gasteiger partial charge in [-0.2, -0.15) is 5.10 Å². The van der Waals surface area contributed by atoms with Crippen LogP contribution < -0.4 is 5.56 Å². The Kier molecular flexibility index (Phi) is 5.32. The molecule has 1 aliphatic heterocycles. The number of piperidine rings is 1. The van der Waals surface area contributed by atoms with Gasteiger partial charge in [0.1, 0.15) is 0 Å². The summed E-state index contributed by atoms with van der Waals surface area (Å²) in [7, 11) is 0. The molecular weight excluding hydrogens is 346 g/mol. The lowest BCUT2D eigenvalue weighted by Crippen LogP contribution is -2.40. The van der Waals surface area contributed by atoms with E-state index >= 15 is 0 Å². The summed E-state index contributed by atoms with van der Waals surface area (Å²) in [6.07, 6.45) is 1.81. The number of hydrogen-bond donors (Lipinski definition) is 0. The molecule has 140 valence electrons. The number of amides is 1. The van der Waals surface area contributed by atoms with Crippen molar-refractivity contribution in [2.75, 3.05) is 13.1 Å². The molecule has 0 spiro atoms. The van der Waals surface area contributed by atoms with E-state index in [0.717, 1.165) is 42.1 Å². The van der Waals surface area contributed by atoms with Crippen molar-refractivity contribution in [2.24, 2.45) is 5.92 Å². The van der Waals surface area contributed by atoms with Crippen LogP contribution in [0.1, 0.15) is 54.5 Å². The standard InChI is InChI=1S/C20H27N3O2S/c1-14-9-12-26-18(14)19(25)22-10-7-15(8-11-22)13-23-17(24)6-5-16(21-23)20(2,3)4/h5-6,9,12,15H,7-8,10-11,13H2,1-4H3. The first kappa shape index (κ1) is 18.8. The van der Waals surface area contributed by atoms with Gasteiger partial charge in [-0.3, -0.25) is 9.59 Å². The lowest BCUT2D eigenvalue weighted by Gasteiger charge is -2.32. The van der Waals surface area contributed by atoms with E-state index in [9.17, 15) is 9.59 Å². The molecule has 0 aromatic carbocycles. The first-order valence-corrected chi connectivity index (χ1v) is 10.1. The molecule has 0 saturated carbocycles. The van der Waals surface area contributed by atoms with Gasteiger partial charge in [0.05, 0.1) is 10.6 Å². The second kappa shape index (κ2) is 7.35. The molecule has 0 aliphatic carbocycles. The quantitative estimate of drug-likeness (QED) is 0.828. The average Bonchev–Trinajstić information content (AvgIpc) is 3.02. The van der Waals surface area contributed by atoms with E-state index in [1.807, 2.05) is 29.3 Å². The Morgan fingerprint density at radius 2 is 1.92 bits per heavy atom. The van der Waals surface area contributed by atoms with Crippen LogP contribution in [0.3, 0.4) is 0 Å². The fourth-order valence-electron chi connectivity index (χ4n) is 3.28. The van der Waals surface area contributed by atoms with Crippen molar-refractivity contribution in [2.45, 2.75) is 52.5 Å². The van der Waals surface area contributed by atoms with Crippen LogP contribution >= 0.6 is 11.3 Å². The largest absolute Gasteiger partial charge is 0.338 e. The number of aryl methyl sites for hydroxylation is 1. The highest BCUT2D eigenvalue weighted by Crippen LogP contribution is 2.24. The van der Waals surface area contributed by atoms with Gasteiger partial charge in [-0.25, -0.2) is 4.68 Å². The molecule has 0 bridgehead atoms. The van der Waals surface area contributed by atoms with E-state index in [4.69, 9.17) is 0 Å². The van der Waals surface area contributed by atoms with E-state index < -0.39 is 0 Å². The second-order valence-electron chi connectivity index (χ2n) is 8.16. The molecule has 0 N–H and O–H groups in total. The van der Waals surface area contributed by atoms with Crippen LogP contribution in [-0.4, -0.2) is 33.7 Å². The fourth-order valence-corrected chi connectivity index (χ4v) is 4.17. The first-order valence-electron chi connectivity index (χ1n) is 9.18. The summed E-state index contributed by atoms with van der Waals surface area (Å²) in [5.74, 6) is 0.518. The van der Waals surface area contributed by atoms with Crippen LogP contribution in [0.4, 0.5) is 0 Å². The van der Waals surface area contributed by atoms with E-state index in [0.29, 0.717) is 12.5 Å². The summed E-state index contributed by atoms with van der Waals surface area (Å²) in [5.41, 5.74) is 1.85. The third kappa shape index (κ3) is 4.06. The zero-order chi connectivity index (χ0) is 18.9. The second-order valence-corrected chi connectivity index (χ2v) is 9.07. The van der Waals surface area contributed by atoms with Crippen LogP contribution in [0.25, 0.3) is 0 Å². The Morgan fingerprint density at radius 3 is 2.50 bits per heavy atom. The van der Waals surface area contributed by atoms with Crippen molar-refractivity contribution in [1.29, 1.82) is 0 Å². The van der Waals surface area contributed by atoms with Gasteiger partial charge in [-0.05, 0) is 48.8 Å². The maximum Gasteiger partial charge on any atom is 0.266 e. The van der Waals surface area contributed by atoms with E-state index in [-0.39, 0.29) is 16.9 Å². The van der Waals surface area contributed by atoms with Crippen LogP contribution in [0, 0.1) is 12.8 Å². The zero-order valence-electron chi connectivity index (χ0n) is 16.0. The molecule has 3 rings (SSSR count). The van der Waals surface area contributed by atoms with Crippen LogP contribution in [0.15, 0.2) is 28.4 Å². The Hall–Kier alpha value is -1.95. The lowest BCUT2D eigenvalue weighted by atomic mass is 9.92. The predicted molar refractivity (Wildman–Crippen MR) is 105 cm³/mol. The number of likely N-dealkylation sites (tertiary alicyclic amines) is 1. The minimum Gasteiger partial charge on any atom is -0.338 e. The Labute approximate surface area is 158 Å². The highest BCUT2D eigenvalue weighted by Gasteiger charge is 2.26. The van der Waals surface area contributed by atoms with Gasteiger partial charge >= 0.3 is 0 Å². The Bertz CT molecular complexity index is 839. The van der Waals surface area contributed by atoms with Crippen molar-refractivity contribution in [3.05, 3.63) is 50.1 Å². The number of hydrogen-bond acceptors (Lipinski definition) is 4. The molecule has 3 heterocycles. The third-order valence-electron chi connectivity index (χ3n) is 5.02. The molecule has 1 fully saturated rings. The summed E-state index contributed by atoms with van der Waals surface area (Å²) in [5, 5.41) is 6.54.